The summed E-state index contributed by atoms with van der Waals surface area (Å²) in [5.41, 5.74) is 0.810. The van der Waals surface area contributed by atoms with Crippen LogP contribution in [-0.2, 0) is 0 Å². The molecule has 2 N–H and O–H groups in total. The second-order valence-corrected chi connectivity index (χ2v) is 5.11. The Balaban J connectivity index is 2.15. The van der Waals surface area contributed by atoms with Crippen LogP contribution in [0.1, 0.15) is 17.9 Å². The van der Waals surface area contributed by atoms with Gasteiger partial charge in [0.1, 0.15) is 11.6 Å². The lowest BCUT2D eigenvalue weighted by atomic mass is 10.1. The van der Waals surface area contributed by atoms with E-state index in [0.29, 0.717) is 5.92 Å². The molecule has 1 heterocycles. The number of aromatic hydroxyl groups is 1. The van der Waals surface area contributed by atoms with Crippen LogP contribution >= 0.6 is 11.8 Å². The molecule has 2 nitrogen and oxygen atoms in total. The molecule has 1 aliphatic heterocycles. The molecular weight excluding hydrogens is 213 g/mol. The molecule has 2 unspecified atom stereocenters. The van der Waals surface area contributed by atoms with E-state index in [0.717, 1.165) is 23.9 Å². The summed E-state index contributed by atoms with van der Waals surface area (Å²) in [6, 6.07) is 4.21. The van der Waals surface area contributed by atoms with Crippen LogP contribution in [-0.4, -0.2) is 17.4 Å². The maximum absolute atomic E-state index is 13.1. The quantitative estimate of drug-likeness (QED) is 0.773. The molecule has 1 saturated heterocycles. The van der Waals surface area contributed by atoms with Gasteiger partial charge < -0.3 is 10.4 Å². The molecule has 0 aliphatic carbocycles. The number of hydrogen-bond donors (Lipinski definition) is 2. The molecule has 1 aromatic rings. The van der Waals surface area contributed by atoms with Gasteiger partial charge in [-0.1, -0.05) is 6.92 Å². The van der Waals surface area contributed by atoms with Crippen molar-refractivity contribution in [2.45, 2.75) is 12.3 Å². The van der Waals surface area contributed by atoms with Crippen molar-refractivity contribution in [3.63, 3.8) is 0 Å². The molecule has 1 fully saturated rings. The van der Waals surface area contributed by atoms with Gasteiger partial charge in [-0.3, -0.25) is 0 Å². The van der Waals surface area contributed by atoms with E-state index in [1.165, 1.54) is 6.07 Å². The highest BCUT2D eigenvalue weighted by atomic mass is 32.2. The average Bonchev–Trinajstić information content (AvgIpc) is 2.17. The largest absolute Gasteiger partial charge is 0.508 e. The molecule has 0 amide bonds. The van der Waals surface area contributed by atoms with Crippen LogP contribution in [0.4, 0.5) is 4.39 Å². The predicted molar refractivity (Wildman–Crippen MR) is 60.4 cm³/mol. The van der Waals surface area contributed by atoms with Gasteiger partial charge in [0.05, 0.1) is 5.37 Å². The monoisotopic (exact) mass is 227 g/mol. The first-order valence-corrected chi connectivity index (χ1v) is 6.04. The van der Waals surface area contributed by atoms with E-state index in [4.69, 9.17) is 0 Å². The Morgan fingerprint density at radius 2 is 2.27 bits per heavy atom. The van der Waals surface area contributed by atoms with Crippen LogP contribution in [0.15, 0.2) is 18.2 Å². The van der Waals surface area contributed by atoms with Crippen LogP contribution in [0, 0.1) is 11.7 Å². The molecule has 15 heavy (non-hydrogen) atoms. The molecule has 2 atom stereocenters. The molecule has 0 bridgehead atoms. The van der Waals surface area contributed by atoms with Gasteiger partial charge >= 0.3 is 0 Å². The summed E-state index contributed by atoms with van der Waals surface area (Å²) < 4.78 is 13.1. The minimum atomic E-state index is -0.383. The zero-order chi connectivity index (χ0) is 10.8. The van der Waals surface area contributed by atoms with Gasteiger partial charge in [0.15, 0.2) is 0 Å². The molecule has 0 aromatic heterocycles. The summed E-state index contributed by atoms with van der Waals surface area (Å²) in [5, 5.41) is 12.7. The predicted octanol–water partition coefficient (Wildman–Crippen LogP) is 2.50. The highest BCUT2D eigenvalue weighted by Crippen LogP contribution is 2.33. The number of hydrogen-bond acceptors (Lipinski definition) is 3. The third kappa shape index (κ3) is 2.63. The van der Waals surface area contributed by atoms with E-state index in [-0.39, 0.29) is 16.9 Å². The molecule has 1 aromatic carbocycles. The Bertz CT molecular complexity index is 330. The van der Waals surface area contributed by atoms with Gasteiger partial charge in [-0.25, -0.2) is 4.39 Å². The smallest absolute Gasteiger partial charge is 0.127 e. The average molecular weight is 227 g/mol. The van der Waals surface area contributed by atoms with Crippen LogP contribution in [0.25, 0.3) is 0 Å². The number of halogens is 1. The fraction of sp³-hybridized carbons (Fsp3) is 0.455. The van der Waals surface area contributed by atoms with Gasteiger partial charge in [0.25, 0.3) is 0 Å². The van der Waals surface area contributed by atoms with Gasteiger partial charge in [-0.05, 0) is 35.9 Å². The first-order valence-electron chi connectivity index (χ1n) is 4.99. The Morgan fingerprint density at radius 1 is 1.47 bits per heavy atom. The summed E-state index contributed by atoms with van der Waals surface area (Å²) in [4.78, 5) is 0. The number of nitrogens with one attached hydrogen (secondary N) is 1. The summed E-state index contributed by atoms with van der Waals surface area (Å²) in [7, 11) is 0. The zero-order valence-electron chi connectivity index (χ0n) is 8.53. The first kappa shape index (κ1) is 10.8. The van der Waals surface area contributed by atoms with E-state index >= 15 is 0 Å². The van der Waals surface area contributed by atoms with Crippen molar-refractivity contribution in [2.24, 2.45) is 5.92 Å². The molecule has 0 saturated carbocycles. The van der Waals surface area contributed by atoms with Crippen molar-refractivity contribution < 1.29 is 9.50 Å². The lowest BCUT2D eigenvalue weighted by Crippen LogP contribution is -2.31. The normalized spacial score (nSPS) is 26.5. The molecule has 82 valence electrons. The van der Waals surface area contributed by atoms with Gasteiger partial charge in [-0.15, -0.1) is 11.8 Å². The van der Waals surface area contributed by atoms with Crippen LogP contribution in [0.2, 0.25) is 0 Å². The van der Waals surface area contributed by atoms with Crippen molar-refractivity contribution in [2.75, 3.05) is 12.3 Å². The van der Waals surface area contributed by atoms with Gasteiger partial charge in [-0.2, -0.15) is 0 Å². The lowest BCUT2D eigenvalue weighted by molar-refractivity contribution is 0.465. The number of phenols is 1. The van der Waals surface area contributed by atoms with Crippen LogP contribution in [0.5, 0.6) is 5.75 Å². The Labute approximate surface area is 92.9 Å². The third-order valence-electron chi connectivity index (χ3n) is 2.41. The van der Waals surface area contributed by atoms with Crippen molar-refractivity contribution in [3.8, 4) is 5.75 Å². The van der Waals surface area contributed by atoms with E-state index < -0.39 is 0 Å². The van der Waals surface area contributed by atoms with Crippen LogP contribution in [0.3, 0.4) is 0 Å². The molecule has 2 rings (SSSR count). The van der Waals surface area contributed by atoms with E-state index in [9.17, 15) is 9.50 Å². The minimum absolute atomic E-state index is 0.00831. The number of benzene rings is 1. The van der Waals surface area contributed by atoms with Crippen molar-refractivity contribution >= 4 is 11.8 Å². The molecular formula is C11H14FNOS. The highest BCUT2D eigenvalue weighted by molar-refractivity contribution is 7.99. The number of rotatable bonds is 1. The topological polar surface area (TPSA) is 32.3 Å². The fourth-order valence-electron chi connectivity index (χ4n) is 1.65. The highest BCUT2D eigenvalue weighted by Gasteiger charge is 2.20. The Hall–Kier alpha value is -0.740. The van der Waals surface area contributed by atoms with E-state index in [1.807, 2.05) is 0 Å². The summed E-state index contributed by atoms with van der Waals surface area (Å²) >= 11 is 1.75. The second kappa shape index (κ2) is 4.41. The molecule has 1 aliphatic rings. The second-order valence-electron chi connectivity index (χ2n) is 3.97. The summed E-state index contributed by atoms with van der Waals surface area (Å²) in [6.45, 7) is 3.12. The van der Waals surface area contributed by atoms with Crippen molar-refractivity contribution in [1.82, 2.24) is 5.32 Å². The maximum Gasteiger partial charge on any atom is 0.127 e. The molecule has 0 radical (unpaired) electrons. The summed E-state index contributed by atoms with van der Waals surface area (Å²) in [5.74, 6) is 1.32. The zero-order valence-corrected chi connectivity index (χ0v) is 9.35. The standard InChI is InChI=1S/C11H14FNOS/c1-7-5-13-11(15-6-7)8-2-9(12)4-10(14)3-8/h2-4,7,11,13-14H,5-6H2,1H3. The van der Waals surface area contributed by atoms with Crippen molar-refractivity contribution in [1.29, 1.82) is 0 Å². The fourth-order valence-corrected chi connectivity index (χ4v) is 2.83. The Morgan fingerprint density at radius 3 is 2.87 bits per heavy atom. The summed E-state index contributed by atoms with van der Waals surface area (Å²) in [6.07, 6.45) is 0. The SMILES string of the molecule is CC1CNC(c2cc(O)cc(F)c2)SC1. The van der Waals surface area contributed by atoms with Gasteiger partial charge in [0.2, 0.25) is 0 Å². The van der Waals surface area contributed by atoms with Gasteiger partial charge in [0, 0.05) is 6.07 Å². The number of thioether (sulfide) groups is 1. The minimum Gasteiger partial charge on any atom is -0.508 e. The lowest BCUT2D eigenvalue weighted by Gasteiger charge is -2.27. The van der Waals surface area contributed by atoms with E-state index in [1.54, 1.807) is 17.8 Å². The van der Waals surface area contributed by atoms with Crippen molar-refractivity contribution in [3.05, 3.63) is 29.6 Å². The molecule has 4 heteroatoms. The van der Waals surface area contributed by atoms with Crippen LogP contribution < -0.4 is 5.32 Å². The maximum atomic E-state index is 13.1. The van der Waals surface area contributed by atoms with E-state index in [2.05, 4.69) is 12.2 Å². The molecule has 0 spiro atoms. The number of phenolic OH excluding ortho intramolecular Hbond substituents is 1. The third-order valence-corrected chi connectivity index (χ3v) is 3.94. The Kier molecular flexibility index (Phi) is 3.17. The first-order chi connectivity index (χ1) is 7.15.